The van der Waals surface area contributed by atoms with Crippen LogP contribution in [0.4, 0.5) is 5.00 Å². The molecule has 0 fully saturated rings. The molecule has 0 radical (unpaired) electrons. The third-order valence-corrected chi connectivity index (χ3v) is 4.40. The van der Waals surface area contributed by atoms with Gasteiger partial charge in [-0.3, -0.25) is 4.79 Å². The van der Waals surface area contributed by atoms with E-state index < -0.39 is 0 Å². The highest BCUT2D eigenvalue weighted by molar-refractivity contribution is 7.14. The number of anilines is 1. The van der Waals surface area contributed by atoms with Crippen molar-refractivity contribution in [2.75, 3.05) is 32.1 Å². The molecule has 0 saturated carbocycles. The average molecular weight is 364 g/mol. The number of nitriles is 1. The molecule has 0 bridgehead atoms. The zero-order chi connectivity index (χ0) is 17.4. The lowest BCUT2D eigenvalue weighted by Crippen LogP contribution is -2.28. The molecule has 1 aromatic carbocycles. The van der Waals surface area contributed by atoms with Crippen LogP contribution in [0, 0.1) is 11.3 Å². The molecule has 1 heterocycles. The third kappa shape index (κ3) is 5.85. The number of nitrogens with one attached hydrogen (secondary N) is 1. The second-order valence-electron chi connectivity index (χ2n) is 5.18. The van der Waals surface area contributed by atoms with Crippen molar-refractivity contribution in [3.05, 3.63) is 46.3 Å². The molecular formula is C17H18ClN3O2S. The van der Waals surface area contributed by atoms with Crippen LogP contribution < -0.4 is 10.1 Å². The van der Waals surface area contributed by atoms with Crippen LogP contribution in [0.2, 0.25) is 5.02 Å². The summed E-state index contributed by atoms with van der Waals surface area (Å²) in [6.45, 7) is 1.85. The minimum atomic E-state index is -0.0978. The van der Waals surface area contributed by atoms with Gasteiger partial charge in [-0.15, -0.1) is 11.3 Å². The average Bonchev–Trinajstić information content (AvgIpc) is 3.02. The molecule has 0 unspecified atom stereocenters. The molecule has 5 nitrogen and oxygen atoms in total. The van der Waals surface area contributed by atoms with Gasteiger partial charge in [-0.2, -0.15) is 5.26 Å². The lowest BCUT2D eigenvalue weighted by atomic mass is 10.3. The number of ether oxygens (including phenoxy) is 1. The van der Waals surface area contributed by atoms with Crippen LogP contribution in [-0.2, 0) is 4.79 Å². The molecule has 126 valence electrons. The van der Waals surface area contributed by atoms with E-state index in [-0.39, 0.29) is 5.91 Å². The van der Waals surface area contributed by atoms with Gasteiger partial charge in [0.15, 0.2) is 0 Å². The highest BCUT2D eigenvalue weighted by atomic mass is 35.5. The summed E-state index contributed by atoms with van der Waals surface area (Å²) in [7, 11) is 1.93. The summed E-state index contributed by atoms with van der Waals surface area (Å²) >= 11 is 7.17. The van der Waals surface area contributed by atoms with Crippen molar-refractivity contribution >= 4 is 33.8 Å². The summed E-state index contributed by atoms with van der Waals surface area (Å²) in [5.41, 5.74) is 0.498. The number of benzene rings is 1. The highest BCUT2D eigenvalue weighted by Crippen LogP contribution is 2.22. The summed E-state index contributed by atoms with van der Waals surface area (Å²) < 4.78 is 5.62. The van der Waals surface area contributed by atoms with E-state index >= 15 is 0 Å². The topological polar surface area (TPSA) is 65.4 Å². The van der Waals surface area contributed by atoms with Gasteiger partial charge < -0.3 is 15.0 Å². The Morgan fingerprint density at radius 1 is 1.33 bits per heavy atom. The predicted octanol–water partition coefficient (Wildman–Crippen LogP) is 3.61. The summed E-state index contributed by atoms with van der Waals surface area (Å²) in [5.74, 6) is 0.673. The fraction of sp³-hybridized carbons (Fsp3) is 0.294. The molecule has 1 amide bonds. The van der Waals surface area contributed by atoms with Crippen molar-refractivity contribution in [1.82, 2.24) is 4.90 Å². The molecule has 0 aliphatic heterocycles. The molecule has 0 saturated heterocycles. The number of thiophene rings is 1. The van der Waals surface area contributed by atoms with Gasteiger partial charge in [0.05, 0.1) is 5.56 Å². The summed E-state index contributed by atoms with van der Waals surface area (Å²) in [5, 5.41) is 14.8. The van der Waals surface area contributed by atoms with Crippen molar-refractivity contribution in [2.24, 2.45) is 0 Å². The van der Waals surface area contributed by atoms with Crippen LogP contribution in [0.3, 0.4) is 0 Å². The van der Waals surface area contributed by atoms with E-state index in [0.29, 0.717) is 41.7 Å². The lowest BCUT2D eigenvalue weighted by molar-refractivity contribution is -0.116. The zero-order valence-corrected chi connectivity index (χ0v) is 14.9. The van der Waals surface area contributed by atoms with Gasteiger partial charge in [-0.25, -0.2) is 0 Å². The smallest absolute Gasteiger partial charge is 0.226 e. The van der Waals surface area contributed by atoms with Crippen molar-refractivity contribution in [1.29, 1.82) is 5.26 Å². The number of amides is 1. The third-order valence-electron chi connectivity index (χ3n) is 3.31. The maximum atomic E-state index is 11.9. The number of carbonyl (C=O) groups is 1. The summed E-state index contributed by atoms with van der Waals surface area (Å²) in [6, 6.07) is 11.0. The molecule has 24 heavy (non-hydrogen) atoms. The summed E-state index contributed by atoms with van der Waals surface area (Å²) in [6.07, 6.45) is 0.361. The Morgan fingerprint density at radius 2 is 2.08 bits per heavy atom. The molecule has 1 N–H and O–H groups in total. The van der Waals surface area contributed by atoms with E-state index in [9.17, 15) is 4.79 Å². The van der Waals surface area contributed by atoms with Gasteiger partial charge in [-0.05, 0) is 42.8 Å². The minimum absolute atomic E-state index is 0.0978. The Labute approximate surface area is 150 Å². The number of likely N-dealkylation sites (N-methyl/N-ethyl adjacent to an activating group) is 1. The summed E-state index contributed by atoms with van der Waals surface area (Å²) in [4.78, 5) is 13.9. The van der Waals surface area contributed by atoms with Crippen molar-refractivity contribution in [3.63, 3.8) is 0 Å². The molecule has 2 aromatic rings. The number of halogens is 1. The van der Waals surface area contributed by atoms with Gasteiger partial charge in [0.2, 0.25) is 5.91 Å². The Morgan fingerprint density at radius 3 is 2.79 bits per heavy atom. The monoisotopic (exact) mass is 363 g/mol. The Hall–Kier alpha value is -2.07. The number of rotatable bonds is 8. The van der Waals surface area contributed by atoms with Gasteiger partial charge in [0.1, 0.15) is 23.4 Å². The molecule has 0 aliphatic rings. The Balaban J connectivity index is 1.65. The standard InChI is InChI=1S/C17H18ClN3O2S/c1-21(9-10-23-15-4-2-14(18)3-5-15)8-6-16(22)20-17-13(12-19)7-11-24-17/h2-5,7,11H,6,8-10H2,1H3,(H,20,22). The maximum Gasteiger partial charge on any atom is 0.226 e. The number of hydrogen-bond donors (Lipinski definition) is 1. The van der Waals surface area contributed by atoms with E-state index in [0.717, 1.165) is 5.75 Å². The van der Waals surface area contributed by atoms with Gasteiger partial charge in [-0.1, -0.05) is 11.6 Å². The van der Waals surface area contributed by atoms with Crippen LogP contribution in [-0.4, -0.2) is 37.6 Å². The Kier molecular flexibility index (Phi) is 7.07. The van der Waals surface area contributed by atoms with Crippen LogP contribution in [0.15, 0.2) is 35.7 Å². The second kappa shape index (κ2) is 9.28. The lowest BCUT2D eigenvalue weighted by Gasteiger charge is -2.16. The number of hydrogen-bond acceptors (Lipinski definition) is 5. The maximum absolute atomic E-state index is 11.9. The first-order valence-corrected chi connectivity index (χ1v) is 8.68. The molecule has 0 atom stereocenters. The van der Waals surface area contributed by atoms with Crippen LogP contribution >= 0.6 is 22.9 Å². The first-order valence-electron chi connectivity index (χ1n) is 7.43. The molecular weight excluding hydrogens is 346 g/mol. The molecule has 0 aliphatic carbocycles. The normalized spacial score (nSPS) is 10.4. The van der Waals surface area contributed by atoms with E-state index in [1.54, 1.807) is 23.6 Å². The van der Waals surface area contributed by atoms with Gasteiger partial charge in [0.25, 0.3) is 0 Å². The quantitative estimate of drug-likeness (QED) is 0.778. The van der Waals surface area contributed by atoms with E-state index in [1.807, 2.05) is 24.1 Å². The van der Waals surface area contributed by atoms with Gasteiger partial charge in [0, 0.05) is 24.5 Å². The van der Waals surface area contributed by atoms with Crippen LogP contribution in [0.5, 0.6) is 5.75 Å². The fourth-order valence-electron chi connectivity index (χ4n) is 1.94. The van der Waals surface area contributed by atoms with E-state index in [2.05, 4.69) is 11.4 Å². The SMILES string of the molecule is CN(CCOc1ccc(Cl)cc1)CCC(=O)Nc1sccc1C#N. The second-order valence-corrected chi connectivity index (χ2v) is 6.53. The van der Waals surface area contributed by atoms with Crippen molar-refractivity contribution < 1.29 is 9.53 Å². The van der Waals surface area contributed by atoms with E-state index in [1.165, 1.54) is 11.3 Å². The van der Waals surface area contributed by atoms with Crippen LogP contribution in [0.1, 0.15) is 12.0 Å². The van der Waals surface area contributed by atoms with Crippen molar-refractivity contribution in [2.45, 2.75) is 6.42 Å². The zero-order valence-electron chi connectivity index (χ0n) is 13.3. The Bertz CT molecular complexity index is 709. The van der Waals surface area contributed by atoms with Crippen LogP contribution in [0.25, 0.3) is 0 Å². The number of nitrogens with zero attached hydrogens (tertiary/aromatic N) is 2. The molecule has 2 rings (SSSR count). The molecule has 0 spiro atoms. The fourth-order valence-corrected chi connectivity index (χ4v) is 2.82. The van der Waals surface area contributed by atoms with Crippen molar-refractivity contribution in [3.8, 4) is 11.8 Å². The first-order chi connectivity index (χ1) is 11.6. The minimum Gasteiger partial charge on any atom is -0.492 e. The largest absolute Gasteiger partial charge is 0.492 e. The molecule has 7 heteroatoms. The predicted molar refractivity (Wildman–Crippen MR) is 96.7 cm³/mol. The molecule has 1 aromatic heterocycles. The van der Waals surface area contributed by atoms with Gasteiger partial charge >= 0.3 is 0 Å². The highest BCUT2D eigenvalue weighted by Gasteiger charge is 2.09. The van der Waals surface area contributed by atoms with E-state index in [4.69, 9.17) is 21.6 Å². The number of carbonyl (C=O) groups excluding carboxylic acids is 1. The first kappa shape index (κ1) is 18.3.